The van der Waals surface area contributed by atoms with Crippen molar-refractivity contribution in [2.75, 3.05) is 6.61 Å². The van der Waals surface area contributed by atoms with Crippen LogP contribution in [-0.2, 0) is 16.1 Å². The molecule has 0 aliphatic carbocycles. The molecule has 2 amide bonds. The molecule has 0 aromatic heterocycles. The predicted octanol–water partition coefficient (Wildman–Crippen LogP) is 3.29. The summed E-state index contributed by atoms with van der Waals surface area (Å²) in [6, 6.07) is 12.0. The molecule has 1 saturated heterocycles. The molecule has 2 aromatic carbocycles. The van der Waals surface area contributed by atoms with Gasteiger partial charge < -0.3 is 9.84 Å². The Labute approximate surface area is 168 Å². The average Bonchev–Trinajstić information content (AvgIpc) is 2.95. The van der Waals surface area contributed by atoms with Crippen LogP contribution >= 0.6 is 11.8 Å². The molecule has 0 unspecified atom stereocenters. The smallest absolute Gasteiger partial charge is 0.341 e. The minimum atomic E-state index is -1.09. The van der Waals surface area contributed by atoms with E-state index in [0.29, 0.717) is 16.9 Å². The van der Waals surface area contributed by atoms with Crippen molar-refractivity contribution >= 4 is 40.6 Å². The number of amides is 2. The summed E-state index contributed by atoms with van der Waals surface area (Å²) in [4.78, 5) is 46.8. The SMILES string of the molecule is O=C(O)COc1ccc(/C=C2\SC(=O)N(Cc3ccc([N+](=O)[O-])cc3)C2=O)cc1. The number of non-ortho nitro benzene ring substituents is 1. The fourth-order valence-corrected chi connectivity index (χ4v) is 3.34. The van der Waals surface area contributed by atoms with Gasteiger partial charge in [-0.25, -0.2) is 4.79 Å². The topological polar surface area (TPSA) is 127 Å². The number of benzene rings is 2. The lowest BCUT2D eigenvalue weighted by Gasteiger charge is -2.12. The zero-order chi connectivity index (χ0) is 21.0. The first-order valence-corrected chi connectivity index (χ1v) is 9.08. The van der Waals surface area contributed by atoms with E-state index in [1.165, 1.54) is 24.3 Å². The van der Waals surface area contributed by atoms with Crippen LogP contribution in [-0.4, -0.2) is 38.7 Å². The van der Waals surface area contributed by atoms with Crippen molar-refractivity contribution in [3.63, 3.8) is 0 Å². The highest BCUT2D eigenvalue weighted by atomic mass is 32.2. The number of ether oxygens (including phenoxy) is 1. The van der Waals surface area contributed by atoms with E-state index in [-0.39, 0.29) is 17.1 Å². The third kappa shape index (κ3) is 4.99. The highest BCUT2D eigenvalue weighted by Gasteiger charge is 2.35. The van der Waals surface area contributed by atoms with E-state index in [0.717, 1.165) is 16.7 Å². The summed E-state index contributed by atoms with van der Waals surface area (Å²) in [5.41, 5.74) is 1.17. The van der Waals surface area contributed by atoms with E-state index in [2.05, 4.69) is 0 Å². The second-order valence-electron chi connectivity index (χ2n) is 5.94. The number of carboxylic acid groups (broad SMARTS) is 1. The zero-order valence-corrected chi connectivity index (χ0v) is 15.6. The summed E-state index contributed by atoms with van der Waals surface area (Å²) < 4.78 is 5.04. The number of thioether (sulfide) groups is 1. The Morgan fingerprint density at radius 1 is 1.14 bits per heavy atom. The molecule has 0 radical (unpaired) electrons. The van der Waals surface area contributed by atoms with Gasteiger partial charge in [0.15, 0.2) is 6.61 Å². The van der Waals surface area contributed by atoms with Gasteiger partial charge in [0.2, 0.25) is 0 Å². The molecule has 9 nitrogen and oxygen atoms in total. The first-order chi connectivity index (χ1) is 13.8. The van der Waals surface area contributed by atoms with Crippen LogP contribution in [0, 0.1) is 10.1 Å². The van der Waals surface area contributed by atoms with E-state index in [1.807, 2.05) is 0 Å². The number of carboxylic acids is 1. The number of carbonyl (C=O) groups excluding carboxylic acids is 2. The van der Waals surface area contributed by atoms with Gasteiger partial charge in [-0.2, -0.15) is 0 Å². The van der Waals surface area contributed by atoms with Crippen molar-refractivity contribution in [1.82, 2.24) is 4.90 Å². The Morgan fingerprint density at radius 2 is 1.79 bits per heavy atom. The first kappa shape index (κ1) is 20.1. The molecule has 148 valence electrons. The van der Waals surface area contributed by atoms with Gasteiger partial charge in [0.1, 0.15) is 5.75 Å². The Balaban J connectivity index is 1.69. The lowest BCUT2D eigenvalue weighted by atomic mass is 10.2. The van der Waals surface area contributed by atoms with E-state index >= 15 is 0 Å². The van der Waals surface area contributed by atoms with Gasteiger partial charge >= 0.3 is 5.97 Å². The summed E-state index contributed by atoms with van der Waals surface area (Å²) >= 11 is 0.804. The highest BCUT2D eigenvalue weighted by Crippen LogP contribution is 2.33. The molecular weight excluding hydrogens is 400 g/mol. The number of carbonyl (C=O) groups is 3. The van der Waals surface area contributed by atoms with E-state index < -0.39 is 28.6 Å². The van der Waals surface area contributed by atoms with Crippen molar-refractivity contribution in [2.45, 2.75) is 6.54 Å². The molecule has 3 rings (SSSR count). The van der Waals surface area contributed by atoms with Crippen LogP contribution in [0.3, 0.4) is 0 Å². The third-order valence-corrected chi connectivity index (χ3v) is 4.81. The van der Waals surface area contributed by atoms with Crippen LogP contribution in [0.25, 0.3) is 6.08 Å². The van der Waals surface area contributed by atoms with E-state index in [4.69, 9.17) is 9.84 Å². The minimum Gasteiger partial charge on any atom is -0.482 e. The second kappa shape index (κ2) is 8.57. The molecular formula is C19H14N2O7S. The molecule has 0 spiro atoms. The maximum absolute atomic E-state index is 12.6. The molecule has 1 N–H and O–H groups in total. The summed E-state index contributed by atoms with van der Waals surface area (Å²) in [7, 11) is 0. The van der Waals surface area contributed by atoms with Gasteiger partial charge in [0.05, 0.1) is 16.4 Å². The molecule has 10 heteroatoms. The predicted molar refractivity (Wildman–Crippen MR) is 104 cm³/mol. The summed E-state index contributed by atoms with van der Waals surface area (Å²) in [5.74, 6) is -1.17. The molecule has 1 fully saturated rings. The number of nitrogens with zero attached hydrogens (tertiary/aromatic N) is 2. The molecule has 1 aliphatic heterocycles. The summed E-state index contributed by atoms with van der Waals surface area (Å²) in [5, 5.41) is 18.9. The van der Waals surface area contributed by atoms with E-state index in [1.54, 1.807) is 30.3 Å². The second-order valence-corrected chi connectivity index (χ2v) is 6.94. The lowest BCUT2D eigenvalue weighted by Crippen LogP contribution is -2.27. The van der Waals surface area contributed by atoms with Crippen LogP contribution in [0.2, 0.25) is 0 Å². The Morgan fingerprint density at radius 3 is 2.38 bits per heavy atom. The first-order valence-electron chi connectivity index (χ1n) is 8.27. The van der Waals surface area contributed by atoms with E-state index in [9.17, 15) is 24.5 Å². The lowest BCUT2D eigenvalue weighted by molar-refractivity contribution is -0.384. The highest BCUT2D eigenvalue weighted by molar-refractivity contribution is 8.18. The number of rotatable bonds is 7. The number of nitro groups is 1. The molecule has 1 heterocycles. The molecule has 0 bridgehead atoms. The van der Waals surface area contributed by atoms with Gasteiger partial charge in [-0.05, 0) is 41.1 Å². The third-order valence-electron chi connectivity index (χ3n) is 3.90. The number of hydrogen-bond acceptors (Lipinski definition) is 7. The summed E-state index contributed by atoms with van der Waals surface area (Å²) in [6.45, 7) is -0.442. The normalized spacial score (nSPS) is 15.0. The van der Waals surface area contributed by atoms with Gasteiger partial charge in [-0.1, -0.05) is 24.3 Å². The number of nitro benzene ring substituents is 1. The van der Waals surface area contributed by atoms with Crippen molar-refractivity contribution in [3.05, 3.63) is 74.7 Å². The van der Waals surface area contributed by atoms with Crippen LogP contribution in [0.4, 0.5) is 10.5 Å². The quantitative estimate of drug-likeness (QED) is 0.415. The van der Waals surface area contributed by atoms with Gasteiger partial charge in [0.25, 0.3) is 16.8 Å². The Hall–Kier alpha value is -3.66. The van der Waals surface area contributed by atoms with Gasteiger partial charge in [-0.15, -0.1) is 0 Å². The average molecular weight is 414 g/mol. The van der Waals surface area contributed by atoms with Gasteiger partial charge in [-0.3, -0.25) is 24.6 Å². The molecule has 0 atom stereocenters. The van der Waals surface area contributed by atoms with Crippen molar-refractivity contribution < 1.29 is 29.2 Å². The molecule has 2 aromatic rings. The Kier molecular flexibility index (Phi) is 5.93. The Bertz CT molecular complexity index is 1000. The van der Waals surface area contributed by atoms with Crippen LogP contribution in [0.1, 0.15) is 11.1 Å². The van der Waals surface area contributed by atoms with Gasteiger partial charge in [0, 0.05) is 12.1 Å². The van der Waals surface area contributed by atoms with Crippen molar-refractivity contribution in [3.8, 4) is 5.75 Å². The fourth-order valence-electron chi connectivity index (χ4n) is 2.50. The maximum Gasteiger partial charge on any atom is 0.341 e. The number of aliphatic carboxylic acids is 1. The monoisotopic (exact) mass is 414 g/mol. The minimum absolute atomic E-state index is 0.0158. The number of hydrogen-bond donors (Lipinski definition) is 1. The zero-order valence-electron chi connectivity index (χ0n) is 14.8. The molecule has 29 heavy (non-hydrogen) atoms. The summed E-state index contributed by atoms with van der Waals surface area (Å²) in [6.07, 6.45) is 1.56. The standard InChI is InChI=1S/C19H14N2O7S/c22-17(23)11-28-15-7-3-12(4-8-15)9-16-18(24)20(19(25)29-16)10-13-1-5-14(6-2-13)21(26)27/h1-9H,10-11H2,(H,22,23)/b16-9-. The van der Waals surface area contributed by atoms with Crippen LogP contribution in [0.5, 0.6) is 5.75 Å². The number of imide groups is 1. The largest absolute Gasteiger partial charge is 0.482 e. The fraction of sp³-hybridized carbons (Fsp3) is 0.105. The maximum atomic E-state index is 12.6. The van der Waals surface area contributed by atoms with Crippen molar-refractivity contribution in [2.24, 2.45) is 0 Å². The van der Waals surface area contributed by atoms with Crippen LogP contribution in [0.15, 0.2) is 53.4 Å². The van der Waals surface area contributed by atoms with Crippen molar-refractivity contribution in [1.29, 1.82) is 0 Å². The molecule has 0 saturated carbocycles. The van der Waals surface area contributed by atoms with Crippen LogP contribution < -0.4 is 4.74 Å². The molecule has 1 aliphatic rings.